The van der Waals surface area contributed by atoms with Crippen molar-refractivity contribution in [1.29, 1.82) is 5.26 Å². The second-order valence-corrected chi connectivity index (χ2v) is 4.23. The van der Waals surface area contributed by atoms with E-state index in [1.165, 1.54) is 0 Å². The van der Waals surface area contributed by atoms with E-state index in [1.54, 1.807) is 0 Å². The molecule has 1 unspecified atom stereocenters. The minimum atomic E-state index is 0.446. The Hall–Kier alpha value is -0.590. The van der Waals surface area contributed by atoms with Crippen molar-refractivity contribution in [3.8, 4) is 6.07 Å². The van der Waals surface area contributed by atoms with Gasteiger partial charge in [-0.05, 0) is 20.4 Å². The molecule has 1 fully saturated rings. The van der Waals surface area contributed by atoms with E-state index in [0.29, 0.717) is 18.5 Å². The largest absolute Gasteiger partial charge is 0.298 e. The Labute approximate surface area is 87.3 Å². The molecule has 0 spiro atoms. The fourth-order valence-electron chi connectivity index (χ4n) is 2.10. The first-order chi connectivity index (χ1) is 6.69. The highest BCUT2D eigenvalue weighted by molar-refractivity contribution is 4.89. The zero-order valence-corrected chi connectivity index (χ0v) is 9.53. The average molecular weight is 195 g/mol. The van der Waals surface area contributed by atoms with E-state index >= 15 is 0 Å². The van der Waals surface area contributed by atoms with E-state index in [1.807, 2.05) is 0 Å². The number of hydrogen-bond acceptors (Lipinski definition) is 3. The number of nitrogens with zero attached hydrogens (tertiary/aromatic N) is 3. The fraction of sp³-hybridized carbons (Fsp3) is 0.909. The minimum absolute atomic E-state index is 0.446. The van der Waals surface area contributed by atoms with Crippen LogP contribution in [0.15, 0.2) is 0 Å². The lowest BCUT2D eigenvalue weighted by Crippen LogP contribution is -2.54. The molecule has 0 aliphatic carbocycles. The van der Waals surface area contributed by atoms with Crippen molar-refractivity contribution < 1.29 is 0 Å². The summed E-state index contributed by atoms with van der Waals surface area (Å²) < 4.78 is 0. The fourth-order valence-corrected chi connectivity index (χ4v) is 2.10. The SMILES string of the molecule is CCN1CCN(C(C)C)CC1CC#N. The first-order valence-corrected chi connectivity index (χ1v) is 5.54. The smallest absolute Gasteiger partial charge is 0.0638 e. The summed E-state index contributed by atoms with van der Waals surface area (Å²) in [7, 11) is 0. The van der Waals surface area contributed by atoms with Crippen LogP contribution in [0.5, 0.6) is 0 Å². The topological polar surface area (TPSA) is 30.3 Å². The van der Waals surface area contributed by atoms with Gasteiger partial charge < -0.3 is 0 Å². The van der Waals surface area contributed by atoms with E-state index < -0.39 is 0 Å². The van der Waals surface area contributed by atoms with Crippen LogP contribution < -0.4 is 0 Å². The molecule has 1 aliphatic rings. The van der Waals surface area contributed by atoms with Gasteiger partial charge in [-0.25, -0.2) is 0 Å². The van der Waals surface area contributed by atoms with Gasteiger partial charge in [0.25, 0.3) is 0 Å². The maximum atomic E-state index is 8.76. The molecule has 0 amide bonds. The van der Waals surface area contributed by atoms with Crippen molar-refractivity contribution in [2.45, 2.75) is 39.3 Å². The Bertz CT molecular complexity index is 207. The molecule has 1 atom stereocenters. The molecule has 0 aromatic rings. The summed E-state index contributed by atoms with van der Waals surface area (Å²) in [5.41, 5.74) is 0. The van der Waals surface area contributed by atoms with Crippen molar-refractivity contribution >= 4 is 0 Å². The summed E-state index contributed by atoms with van der Waals surface area (Å²) in [6, 6.07) is 3.35. The molecule has 0 bridgehead atoms. The van der Waals surface area contributed by atoms with Gasteiger partial charge in [-0.3, -0.25) is 9.80 Å². The Morgan fingerprint density at radius 1 is 1.43 bits per heavy atom. The van der Waals surface area contributed by atoms with Crippen molar-refractivity contribution in [3.05, 3.63) is 0 Å². The molecule has 0 N–H and O–H groups in total. The quantitative estimate of drug-likeness (QED) is 0.680. The van der Waals surface area contributed by atoms with Crippen molar-refractivity contribution in [2.24, 2.45) is 0 Å². The molecule has 0 radical (unpaired) electrons. The summed E-state index contributed by atoms with van der Waals surface area (Å²) in [5.74, 6) is 0. The Morgan fingerprint density at radius 2 is 2.14 bits per heavy atom. The minimum Gasteiger partial charge on any atom is -0.298 e. The van der Waals surface area contributed by atoms with Crippen molar-refractivity contribution in [3.63, 3.8) is 0 Å². The highest BCUT2D eigenvalue weighted by Crippen LogP contribution is 2.14. The second-order valence-electron chi connectivity index (χ2n) is 4.23. The average Bonchev–Trinajstić information content (AvgIpc) is 2.18. The van der Waals surface area contributed by atoms with Crippen LogP contribution in [-0.4, -0.2) is 48.1 Å². The molecule has 1 rings (SSSR count). The van der Waals surface area contributed by atoms with Gasteiger partial charge in [-0.2, -0.15) is 5.26 Å². The van der Waals surface area contributed by atoms with E-state index in [0.717, 1.165) is 26.2 Å². The van der Waals surface area contributed by atoms with Gasteiger partial charge >= 0.3 is 0 Å². The van der Waals surface area contributed by atoms with Gasteiger partial charge in [0, 0.05) is 31.7 Å². The van der Waals surface area contributed by atoms with Gasteiger partial charge in [-0.15, -0.1) is 0 Å². The predicted molar refractivity (Wildman–Crippen MR) is 58.0 cm³/mol. The van der Waals surface area contributed by atoms with Crippen LogP contribution in [0.2, 0.25) is 0 Å². The van der Waals surface area contributed by atoms with Crippen LogP contribution in [0.25, 0.3) is 0 Å². The highest BCUT2D eigenvalue weighted by Gasteiger charge is 2.26. The summed E-state index contributed by atoms with van der Waals surface area (Å²) in [6.07, 6.45) is 0.664. The van der Waals surface area contributed by atoms with Crippen LogP contribution in [0, 0.1) is 11.3 Å². The van der Waals surface area contributed by atoms with Gasteiger partial charge in [0.2, 0.25) is 0 Å². The second kappa shape index (κ2) is 5.33. The lowest BCUT2D eigenvalue weighted by atomic mass is 10.1. The van der Waals surface area contributed by atoms with Gasteiger partial charge in [0.1, 0.15) is 0 Å². The summed E-state index contributed by atoms with van der Waals surface area (Å²) in [5, 5.41) is 8.76. The van der Waals surface area contributed by atoms with E-state index in [9.17, 15) is 0 Å². The molecule has 1 aliphatic heterocycles. The molecular formula is C11H21N3. The zero-order chi connectivity index (χ0) is 10.6. The third-order valence-corrected chi connectivity index (χ3v) is 3.10. The maximum absolute atomic E-state index is 8.76. The molecule has 3 heteroatoms. The molecule has 0 aromatic carbocycles. The van der Waals surface area contributed by atoms with Crippen molar-refractivity contribution in [2.75, 3.05) is 26.2 Å². The lowest BCUT2D eigenvalue weighted by molar-refractivity contribution is 0.0623. The third-order valence-electron chi connectivity index (χ3n) is 3.10. The summed E-state index contributed by atoms with van der Waals surface area (Å²) >= 11 is 0. The van der Waals surface area contributed by atoms with Crippen LogP contribution in [0.1, 0.15) is 27.2 Å². The maximum Gasteiger partial charge on any atom is 0.0638 e. The Balaban J connectivity index is 2.53. The lowest BCUT2D eigenvalue weighted by Gasteiger charge is -2.41. The summed E-state index contributed by atoms with van der Waals surface area (Å²) in [4.78, 5) is 4.89. The standard InChI is InChI=1S/C11H21N3/c1-4-13-7-8-14(10(2)3)9-11(13)5-6-12/h10-11H,4-5,7-9H2,1-3H3. The van der Waals surface area contributed by atoms with Gasteiger partial charge in [0.15, 0.2) is 0 Å². The van der Waals surface area contributed by atoms with E-state index in [4.69, 9.17) is 5.26 Å². The number of nitriles is 1. The summed E-state index contributed by atoms with van der Waals surface area (Å²) in [6.45, 7) is 11.0. The van der Waals surface area contributed by atoms with Gasteiger partial charge in [-0.1, -0.05) is 6.92 Å². The monoisotopic (exact) mass is 195 g/mol. The molecule has 1 saturated heterocycles. The third kappa shape index (κ3) is 2.70. The molecule has 3 nitrogen and oxygen atoms in total. The molecule has 80 valence electrons. The molecule has 0 aromatic heterocycles. The number of rotatable bonds is 3. The normalized spacial score (nSPS) is 25.2. The first kappa shape index (κ1) is 11.5. The van der Waals surface area contributed by atoms with Crippen LogP contribution in [-0.2, 0) is 0 Å². The predicted octanol–water partition coefficient (Wildman–Crippen LogP) is 1.31. The van der Waals surface area contributed by atoms with Crippen molar-refractivity contribution in [1.82, 2.24) is 9.80 Å². The zero-order valence-electron chi connectivity index (χ0n) is 9.53. The van der Waals surface area contributed by atoms with Crippen LogP contribution in [0.3, 0.4) is 0 Å². The molecule has 14 heavy (non-hydrogen) atoms. The van der Waals surface area contributed by atoms with Crippen LogP contribution >= 0.6 is 0 Å². The Kier molecular flexibility index (Phi) is 4.37. The van der Waals surface area contributed by atoms with Crippen LogP contribution in [0.4, 0.5) is 0 Å². The number of likely N-dealkylation sites (N-methyl/N-ethyl adjacent to an activating group) is 1. The molecule has 1 heterocycles. The van der Waals surface area contributed by atoms with E-state index in [-0.39, 0.29) is 0 Å². The Morgan fingerprint density at radius 3 is 2.64 bits per heavy atom. The first-order valence-electron chi connectivity index (χ1n) is 5.54. The van der Waals surface area contributed by atoms with E-state index in [2.05, 4.69) is 36.6 Å². The molecule has 0 saturated carbocycles. The number of piperazine rings is 1. The molecular weight excluding hydrogens is 174 g/mol. The highest BCUT2D eigenvalue weighted by atomic mass is 15.3. The van der Waals surface area contributed by atoms with Gasteiger partial charge in [0.05, 0.1) is 12.5 Å². The number of hydrogen-bond donors (Lipinski definition) is 0.